The van der Waals surface area contributed by atoms with Crippen LogP contribution in [0.2, 0.25) is 0 Å². The Kier molecular flexibility index (Phi) is 5.26. The van der Waals surface area contributed by atoms with Gasteiger partial charge in [-0.2, -0.15) is 5.10 Å². The van der Waals surface area contributed by atoms with Crippen molar-refractivity contribution in [3.05, 3.63) is 40.7 Å². The number of aromatic hydroxyl groups is 2. The molecule has 0 fully saturated rings. The molecule has 0 aliphatic heterocycles. The molecule has 1 heterocycles. The molecule has 0 spiro atoms. The highest BCUT2D eigenvalue weighted by Crippen LogP contribution is 2.26. The van der Waals surface area contributed by atoms with Gasteiger partial charge in [-0.25, -0.2) is 0 Å². The predicted octanol–water partition coefficient (Wildman–Crippen LogP) is 1.98. The van der Waals surface area contributed by atoms with Crippen molar-refractivity contribution in [2.24, 2.45) is 5.92 Å². The molecule has 4 N–H and O–H groups in total. The normalized spacial score (nSPS) is 12.1. The number of carbonyl (C=O) groups excluding carboxylic acids is 1. The molecular weight excluding hydrogens is 294 g/mol. The first-order valence-corrected chi connectivity index (χ1v) is 7.67. The number of nitrogens with one attached hydrogen (secondary N) is 2. The Labute approximate surface area is 135 Å². The second-order valence-corrected chi connectivity index (χ2v) is 5.88. The number of nitrogens with zero attached hydrogens (tertiary/aromatic N) is 1. The van der Waals surface area contributed by atoms with Crippen LogP contribution in [-0.2, 0) is 17.6 Å². The molecular formula is C17H23N3O3. The van der Waals surface area contributed by atoms with Gasteiger partial charge < -0.3 is 15.5 Å². The van der Waals surface area contributed by atoms with E-state index in [4.69, 9.17) is 0 Å². The van der Waals surface area contributed by atoms with Crippen LogP contribution in [0.25, 0.3) is 0 Å². The second-order valence-electron chi connectivity index (χ2n) is 5.88. The van der Waals surface area contributed by atoms with Crippen molar-refractivity contribution in [1.29, 1.82) is 0 Å². The van der Waals surface area contributed by atoms with Crippen molar-refractivity contribution >= 4 is 5.91 Å². The lowest BCUT2D eigenvalue weighted by Crippen LogP contribution is -2.32. The Morgan fingerprint density at radius 3 is 2.65 bits per heavy atom. The minimum absolute atomic E-state index is 0.0311. The van der Waals surface area contributed by atoms with Gasteiger partial charge in [0, 0.05) is 18.2 Å². The molecule has 6 nitrogen and oxygen atoms in total. The third kappa shape index (κ3) is 4.25. The van der Waals surface area contributed by atoms with E-state index < -0.39 is 0 Å². The van der Waals surface area contributed by atoms with Crippen molar-refractivity contribution < 1.29 is 15.0 Å². The molecule has 23 heavy (non-hydrogen) atoms. The SMILES string of the molecule is Cc1n[nH]c(C)c1CCNC(=O)C(C)Cc1ccc(O)c(O)c1. The molecule has 1 atom stereocenters. The topological polar surface area (TPSA) is 98.2 Å². The molecule has 0 radical (unpaired) electrons. The number of rotatable bonds is 6. The molecule has 1 amide bonds. The number of aromatic nitrogens is 2. The van der Waals surface area contributed by atoms with Crippen molar-refractivity contribution in [3.8, 4) is 11.5 Å². The van der Waals surface area contributed by atoms with E-state index in [1.54, 1.807) is 6.07 Å². The number of carbonyl (C=O) groups is 1. The molecule has 124 valence electrons. The standard InChI is InChI=1S/C17H23N3O3/c1-10(8-13-4-5-15(21)16(22)9-13)17(23)18-7-6-14-11(2)19-20-12(14)3/h4-5,9-10,21-22H,6-8H2,1-3H3,(H,18,23)(H,19,20). The number of H-pyrrole nitrogens is 1. The zero-order valence-electron chi connectivity index (χ0n) is 13.7. The Balaban J connectivity index is 1.84. The van der Waals surface area contributed by atoms with Crippen molar-refractivity contribution in [3.63, 3.8) is 0 Å². The van der Waals surface area contributed by atoms with Crippen LogP contribution in [0.3, 0.4) is 0 Å². The van der Waals surface area contributed by atoms with Gasteiger partial charge in [0.1, 0.15) is 0 Å². The third-order valence-electron chi connectivity index (χ3n) is 3.98. The van der Waals surface area contributed by atoms with Gasteiger partial charge in [0.2, 0.25) is 5.91 Å². The molecule has 1 aromatic carbocycles. The lowest BCUT2D eigenvalue weighted by molar-refractivity contribution is -0.124. The first-order chi connectivity index (χ1) is 10.9. The van der Waals surface area contributed by atoms with Gasteiger partial charge in [0.15, 0.2) is 11.5 Å². The fourth-order valence-electron chi connectivity index (χ4n) is 2.57. The summed E-state index contributed by atoms with van der Waals surface area (Å²) >= 11 is 0. The minimum atomic E-state index is -0.217. The third-order valence-corrected chi connectivity index (χ3v) is 3.98. The van der Waals surface area contributed by atoms with Gasteiger partial charge in [-0.3, -0.25) is 9.89 Å². The van der Waals surface area contributed by atoms with Crippen LogP contribution < -0.4 is 5.32 Å². The minimum Gasteiger partial charge on any atom is -0.504 e. The Morgan fingerprint density at radius 2 is 2.04 bits per heavy atom. The van der Waals surface area contributed by atoms with Gasteiger partial charge in [-0.05, 0) is 49.9 Å². The Morgan fingerprint density at radius 1 is 1.30 bits per heavy atom. The van der Waals surface area contributed by atoms with E-state index in [1.165, 1.54) is 12.1 Å². The fourth-order valence-corrected chi connectivity index (χ4v) is 2.57. The molecule has 0 saturated heterocycles. The fraction of sp³-hybridized carbons (Fsp3) is 0.412. The van der Waals surface area contributed by atoms with Crippen LogP contribution in [0.15, 0.2) is 18.2 Å². The summed E-state index contributed by atoms with van der Waals surface area (Å²) in [5, 5.41) is 28.8. The van der Waals surface area contributed by atoms with Crippen LogP contribution in [0.4, 0.5) is 0 Å². The highest BCUT2D eigenvalue weighted by atomic mass is 16.3. The van der Waals surface area contributed by atoms with Gasteiger partial charge in [-0.1, -0.05) is 13.0 Å². The summed E-state index contributed by atoms with van der Waals surface area (Å²) in [4.78, 5) is 12.2. The van der Waals surface area contributed by atoms with Gasteiger partial charge in [-0.15, -0.1) is 0 Å². The summed E-state index contributed by atoms with van der Waals surface area (Å²) in [6, 6.07) is 4.62. The summed E-state index contributed by atoms with van der Waals surface area (Å²) < 4.78 is 0. The number of phenolic OH excluding ortho intramolecular Hbond substituents is 2. The van der Waals surface area contributed by atoms with Crippen LogP contribution >= 0.6 is 0 Å². The number of benzene rings is 1. The molecule has 0 aliphatic carbocycles. The molecule has 1 aromatic heterocycles. The quantitative estimate of drug-likeness (QED) is 0.612. The number of amides is 1. The van der Waals surface area contributed by atoms with Crippen molar-refractivity contribution in [2.45, 2.75) is 33.6 Å². The van der Waals surface area contributed by atoms with E-state index in [9.17, 15) is 15.0 Å². The highest BCUT2D eigenvalue weighted by Gasteiger charge is 2.14. The largest absolute Gasteiger partial charge is 0.504 e. The maximum Gasteiger partial charge on any atom is 0.223 e. The lowest BCUT2D eigenvalue weighted by Gasteiger charge is -2.13. The van der Waals surface area contributed by atoms with Gasteiger partial charge in [0.25, 0.3) is 0 Å². The zero-order chi connectivity index (χ0) is 17.0. The molecule has 0 bridgehead atoms. The van der Waals surface area contributed by atoms with Gasteiger partial charge in [0.05, 0.1) is 5.69 Å². The van der Waals surface area contributed by atoms with E-state index in [0.717, 1.165) is 28.9 Å². The molecule has 0 aliphatic rings. The monoisotopic (exact) mass is 317 g/mol. The van der Waals surface area contributed by atoms with Crippen molar-refractivity contribution in [2.75, 3.05) is 6.54 Å². The maximum absolute atomic E-state index is 12.2. The molecule has 1 unspecified atom stereocenters. The molecule has 0 saturated carbocycles. The average molecular weight is 317 g/mol. The first kappa shape index (κ1) is 16.9. The number of phenols is 2. The number of aryl methyl sites for hydroxylation is 2. The average Bonchev–Trinajstić information content (AvgIpc) is 2.82. The van der Waals surface area contributed by atoms with Crippen molar-refractivity contribution in [1.82, 2.24) is 15.5 Å². The van der Waals surface area contributed by atoms with E-state index in [-0.39, 0.29) is 23.3 Å². The highest BCUT2D eigenvalue weighted by molar-refractivity contribution is 5.78. The summed E-state index contributed by atoms with van der Waals surface area (Å²) in [6.07, 6.45) is 1.25. The molecule has 6 heteroatoms. The van der Waals surface area contributed by atoms with E-state index in [0.29, 0.717) is 13.0 Å². The Hall–Kier alpha value is -2.50. The summed E-state index contributed by atoms with van der Waals surface area (Å²) in [7, 11) is 0. The smallest absolute Gasteiger partial charge is 0.223 e. The summed E-state index contributed by atoms with van der Waals surface area (Å²) in [5.41, 5.74) is 3.94. The second kappa shape index (κ2) is 7.17. The Bertz CT molecular complexity index is 675. The number of aromatic amines is 1. The number of hydrogen-bond donors (Lipinski definition) is 4. The summed E-state index contributed by atoms with van der Waals surface area (Å²) in [5.74, 6) is -0.570. The van der Waals surface area contributed by atoms with Crippen LogP contribution in [0.5, 0.6) is 11.5 Å². The predicted molar refractivity (Wildman–Crippen MR) is 87.4 cm³/mol. The van der Waals surface area contributed by atoms with E-state index >= 15 is 0 Å². The van der Waals surface area contributed by atoms with E-state index in [1.807, 2.05) is 20.8 Å². The zero-order valence-corrected chi connectivity index (χ0v) is 13.7. The molecule has 2 aromatic rings. The summed E-state index contributed by atoms with van der Waals surface area (Å²) in [6.45, 7) is 6.32. The maximum atomic E-state index is 12.2. The van der Waals surface area contributed by atoms with E-state index in [2.05, 4.69) is 15.5 Å². The van der Waals surface area contributed by atoms with Crippen LogP contribution in [0, 0.1) is 19.8 Å². The van der Waals surface area contributed by atoms with Gasteiger partial charge >= 0.3 is 0 Å². The number of hydrogen-bond acceptors (Lipinski definition) is 4. The van der Waals surface area contributed by atoms with Crippen LogP contribution in [-0.4, -0.2) is 32.9 Å². The first-order valence-electron chi connectivity index (χ1n) is 7.67. The molecule has 2 rings (SSSR count). The lowest BCUT2D eigenvalue weighted by atomic mass is 10.00. The van der Waals surface area contributed by atoms with Crippen LogP contribution in [0.1, 0.15) is 29.4 Å².